The molecule has 74 valence electrons. The number of aryl methyl sites for hydroxylation is 1. The predicted molar refractivity (Wildman–Crippen MR) is 48.8 cm³/mol. The summed E-state index contributed by atoms with van der Waals surface area (Å²) in [5.74, 6) is -1.78. The minimum atomic E-state index is -0.895. The van der Waals surface area contributed by atoms with Gasteiger partial charge in [-0.25, -0.2) is 0 Å². The van der Waals surface area contributed by atoms with Crippen molar-refractivity contribution in [2.45, 2.75) is 6.92 Å². The summed E-state index contributed by atoms with van der Waals surface area (Å²) in [5.41, 5.74) is 8.96. The topological polar surface area (TPSA) is 119 Å². The fourth-order valence-electron chi connectivity index (χ4n) is 1.10. The van der Waals surface area contributed by atoms with Crippen LogP contribution in [0.1, 0.15) is 26.4 Å². The minimum absolute atomic E-state index is 0.235. The maximum Gasteiger partial charge on any atom is 0.254 e. The second-order valence-electron chi connectivity index (χ2n) is 2.76. The Balaban J connectivity index is 3.58. The normalized spacial score (nSPS) is 9.79. The molecule has 0 fully saturated rings. The lowest BCUT2D eigenvalue weighted by atomic mass is 10.1. The molecule has 0 aromatic carbocycles. The van der Waals surface area contributed by atoms with Gasteiger partial charge >= 0.3 is 0 Å². The number of carbonyl (C=O) groups is 2. The molecule has 0 bridgehead atoms. The summed E-state index contributed by atoms with van der Waals surface area (Å²) in [6.07, 6.45) is 1.16. The van der Waals surface area contributed by atoms with Gasteiger partial charge in [-0.15, -0.1) is 0 Å². The van der Waals surface area contributed by atoms with E-state index in [0.717, 1.165) is 6.20 Å². The highest BCUT2D eigenvalue weighted by Gasteiger charge is 2.16. The number of carbonyl (C=O) groups excluding carboxylic acids is 2. The van der Waals surface area contributed by atoms with Gasteiger partial charge in [-0.1, -0.05) is 0 Å². The Kier molecular flexibility index (Phi) is 2.37. The van der Waals surface area contributed by atoms with E-state index in [0.29, 0.717) is 5.69 Å². The average Bonchev–Trinajstić information content (AvgIpc) is 2.02. The van der Waals surface area contributed by atoms with Crippen LogP contribution in [0, 0.1) is 6.92 Å². The van der Waals surface area contributed by atoms with E-state index < -0.39 is 17.2 Å². The highest BCUT2D eigenvalue weighted by atomic mass is 16.2. The first kappa shape index (κ1) is 9.97. The molecule has 0 atom stereocenters. The maximum absolute atomic E-state index is 11.5. The number of nitrogens with two attached hydrogens (primary N) is 2. The lowest BCUT2D eigenvalue weighted by molar-refractivity contribution is 0.0998. The van der Waals surface area contributed by atoms with Crippen LogP contribution >= 0.6 is 0 Å². The standard InChI is InChI=1S/C8H9N3O3/c1-3-5(8(10)14)6(12)4(2-11-3)7(9)13/h2H,1H3,(H2,9,13)(H2,10,14)(H,11,12). The summed E-state index contributed by atoms with van der Waals surface area (Å²) >= 11 is 0. The molecule has 1 aromatic rings. The van der Waals surface area contributed by atoms with Gasteiger partial charge in [0.15, 0.2) is 0 Å². The fourth-order valence-corrected chi connectivity index (χ4v) is 1.10. The summed E-state index contributed by atoms with van der Waals surface area (Å²) < 4.78 is 0. The Bertz CT molecular complexity index is 461. The number of hydrogen-bond donors (Lipinski definition) is 3. The van der Waals surface area contributed by atoms with E-state index >= 15 is 0 Å². The van der Waals surface area contributed by atoms with E-state index in [2.05, 4.69) is 4.98 Å². The summed E-state index contributed by atoms with van der Waals surface area (Å²) in [5, 5.41) is 0. The van der Waals surface area contributed by atoms with Gasteiger partial charge in [0, 0.05) is 11.9 Å². The number of hydrogen-bond acceptors (Lipinski definition) is 3. The molecule has 6 heteroatoms. The van der Waals surface area contributed by atoms with Crippen molar-refractivity contribution in [3.8, 4) is 0 Å². The third-order valence-corrected chi connectivity index (χ3v) is 1.79. The summed E-state index contributed by atoms with van der Waals surface area (Å²) in [7, 11) is 0. The summed E-state index contributed by atoms with van der Waals surface area (Å²) in [6.45, 7) is 1.51. The van der Waals surface area contributed by atoms with E-state index in [-0.39, 0.29) is 11.1 Å². The van der Waals surface area contributed by atoms with Gasteiger partial charge in [0.1, 0.15) is 11.1 Å². The van der Waals surface area contributed by atoms with Gasteiger partial charge in [-0.3, -0.25) is 14.4 Å². The molecule has 0 aliphatic heterocycles. The van der Waals surface area contributed by atoms with Crippen LogP contribution in [0.5, 0.6) is 0 Å². The van der Waals surface area contributed by atoms with Gasteiger partial charge in [-0.05, 0) is 6.92 Å². The molecule has 0 unspecified atom stereocenters. The Morgan fingerprint density at radius 1 is 1.29 bits per heavy atom. The van der Waals surface area contributed by atoms with Crippen LogP contribution in [0.3, 0.4) is 0 Å². The van der Waals surface area contributed by atoms with E-state index in [4.69, 9.17) is 11.5 Å². The summed E-state index contributed by atoms with van der Waals surface area (Å²) in [6, 6.07) is 0. The Morgan fingerprint density at radius 2 is 1.86 bits per heavy atom. The van der Waals surface area contributed by atoms with Gasteiger partial charge in [0.2, 0.25) is 5.43 Å². The Hall–Kier alpha value is -2.11. The van der Waals surface area contributed by atoms with Crippen molar-refractivity contribution in [3.05, 3.63) is 33.2 Å². The molecule has 0 spiro atoms. The number of amides is 2. The van der Waals surface area contributed by atoms with Crippen LogP contribution in [0.4, 0.5) is 0 Å². The Morgan fingerprint density at radius 3 is 2.29 bits per heavy atom. The predicted octanol–water partition coefficient (Wildman–Crippen LogP) is -1.12. The van der Waals surface area contributed by atoms with Crippen molar-refractivity contribution in [2.75, 3.05) is 0 Å². The van der Waals surface area contributed by atoms with Crippen LogP contribution in [0.25, 0.3) is 0 Å². The molecule has 14 heavy (non-hydrogen) atoms. The zero-order valence-electron chi connectivity index (χ0n) is 7.46. The van der Waals surface area contributed by atoms with Crippen LogP contribution in [0.15, 0.2) is 11.0 Å². The zero-order chi connectivity index (χ0) is 10.9. The first-order valence-electron chi connectivity index (χ1n) is 3.77. The van der Waals surface area contributed by atoms with Crippen LogP contribution < -0.4 is 16.9 Å². The molecular weight excluding hydrogens is 186 g/mol. The number of nitrogens with one attached hydrogen (secondary N) is 1. The molecule has 0 aliphatic rings. The lowest BCUT2D eigenvalue weighted by Gasteiger charge is -2.02. The van der Waals surface area contributed by atoms with Crippen molar-refractivity contribution in [1.29, 1.82) is 0 Å². The minimum Gasteiger partial charge on any atom is -0.365 e. The van der Waals surface area contributed by atoms with Crippen LogP contribution in [-0.2, 0) is 0 Å². The SMILES string of the molecule is Cc1[nH]cc(C(N)=O)c(=O)c1C(N)=O. The summed E-state index contributed by atoms with van der Waals surface area (Å²) in [4.78, 5) is 35.6. The third-order valence-electron chi connectivity index (χ3n) is 1.79. The number of aromatic nitrogens is 1. The molecular formula is C8H9N3O3. The third kappa shape index (κ3) is 1.49. The van der Waals surface area contributed by atoms with Crippen molar-refractivity contribution in [2.24, 2.45) is 11.5 Å². The molecule has 1 aromatic heterocycles. The van der Waals surface area contributed by atoms with Gasteiger partial charge in [-0.2, -0.15) is 0 Å². The monoisotopic (exact) mass is 195 g/mol. The number of rotatable bonds is 2. The molecule has 5 N–H and O–H groups in total. The average molecular weight is 195 g/mol. The lowest BCUT2D eigenvalue weighted by Crippen LogP contribution is -2.30. The van der Waals surface area contributed by atoms with Crippen molar-refractivity contribution < 1.29 is 9.59 Å². The molecule has 0 radical (unpaired) electrons. The van der Waals surface area contributed by atoms with Crippen molar-refractivity contribution >= 4 is 11.8 Å². The molecule has 0 saturated carbocycles. The fraction of sp³-hybridized carbons (Fsp3) is 0.125. The molecule has 1 heterocycles. The largest absolute Gasteiger partial charge is 0.365 e. The number of pyridine rings is 1. The second-order valence-corrected chi connectivity index (χ2v) is 2.76. The highest BCUT2D eigenvalue weighted by Crippen LogP contribution is 1.99. The molecule has 6 nitrogen and oxygen atoms in total. The zero-order valence-corrected chi connectivity index (χ0v) is 7.46. The highest BCUT2D eigenvalue weighted by molar-refractivity contribution is 5.98. The van der Waals surface area contributed by atoms with Crippen LogP contribution in [0.2, 0.25) is 0 Å². The van der Waals surface area contributed by atoms with Gasteiger partial charge in [0.25, 0.3) is 11.8 Å². The quantitative estimate of drug-likeness (QED) is 0.554. The van der Waals surface area contributed by atoms with E-state index in [9.17, 15) is 14.4 Å². The van der Waals surface area contributed by atoms with Gasteiger partial charge in [0.05, 0.1) is 0 Å². The second kappa shape index (κ2) is 3.33. The van der Waals surface area contributed by atoms with Gasteiger partial charge < -0.3 is 16.5 Å². The Labute approximate surface area is 78.9 Å². The molecule has 0 aliphatic carbocycles. The van der Waals surface area contributed by atoms with Crippen molar-refractivity contribution in [1.82, 2.24) is 4.98 Å². The van der Waals surface area contributed by atoms with E-state index in [1.807, 2.05) is 0 Å². The number of H-pyrrole nitrogens is 1. The number of primary amides is 2. The van der Waals surface area contributed by atoms with Crippen molar-refractivity contribution in [3.63, 3.8) is 0 Å². The first-order valence-corrected chi connectivity index (χ1v) is 3.77. The molecule has 1 rings (SSSR count). The maximum atomic E-state index is 11.5. The van der Waals surface area contributed by atoms with E-state index in [1.54, 1.807) is 0 Å². The molecule has 0 saturated heterocycles. The number of aromatic amines is 1. The van der Waals surface area contributed by atoms with E-state index in [1.165, 1.54) is 6.92 Å². The van der Waals surface area contributed by atoms with Crippen LogP contribution in [-0.4, -0.2) is 16.8 Å². The first-order chi connectivity index (χ1) is 6.45. The molecule has 2 amide bonds. The smallest absolute Gasteiger partial charge is 0.254 e.